The number of ether oxygens (including phenoxy) is 1. The quantitative estimate of drug-likeness (QED) is 0.564. The first kappa shape index (κ1) is 19.9. The fourth-order valence-electron chi connectivity index (χ4n) is 3.28. The van der Waals surface area contributed by atoms with Crippen molar-refractivity contribution in [3.05, 3.63) is 59.9 Å². The van der Waals surface area contributed by atoms with Gasteiger partial charge in [-0.05, 0) is 42.2 Å². The normalized spacial score (nSPS) is 11.1. The molecule has 148 valence electrons. The molecule has 0 aliphatic heterocycles. The molecule has 1 amide bonds. The molecule has 1 N–H and O–H groups in total. The molecule has 0 spiro atoms. The molecular formula is C23H29N3O2. The number of aromatic nitrogens is 2. The van der Waals surface area contributed by atoms with E-state index in [-0.39, 0.29) is 5.91 Å². The zero-order valence-electron chi connectivity index (χ0n) is 16.9. The van der Waals surface area contributed by atoms with Gasteiger partial charge in [0.25, 0.3) is 0 Å². The van der Waals surface area contributed by atoms with Gasteiger partial charge >= 0.3 is 0 Å². The van der Waals surface area contributed by atoms with Crippen molar-refractivity contribution in [1.82, 2.24) is 14.9 Å². The SMILES string of the molecule is CC(=O)NCCc1nc2ccccc2n1CCCOc1ccc(C(C)C)cc1. The Bertz CT molecular complexity index is 913. The second-order valence-corrected chi connectivity index (χ2v) is 7.33. The van der Waals surface area contributed by atoms with E-state index >= 15 is 0 Å². The summed E-state index contributed by atoms with van der Waals surface area (Å²) in [6.45, 7) is 7.99. The molecule has 0 aliphatic rings. The molecule has 2 aromatic carbocycles. The van der Waals surface area contributed by atoms with Gasteiger partial charge in [0.15, 0.2) is 0 Å². The first-order valence-corrected chi connectivity index (χ1v) is 9.96. The van der Waals surface area contributed by atoms with E-state index in [1.165, 1.54) is 12.5 Å². The smallest absolute Gasteiger partial charge is 0.216 e. The molecule has 0 radical (unpaired) electrons. The number of carbonyl (C=O) groups excluding carboxylic acids is 1. The van der Waals surface area contributed by atoms with Crippen LogP contribution in [0.25, 0.3) is 11.0 Å². The van der Waals surface area contributed by atoms with E-state index < -0.39 is 0 Å². The van der Waals surface area contributed by atoms with Crippen molar-refractivity contribution in [2.75, 3.05) is 13.2 Å². The van der Waals surface area contributed by atoms with Crippen molar-refractivity contribution in [2.45, 2.75) is 46.1 Å². The summed E-state index contributed by atoms with van der Waals surface area (Å²) in [4.78, 5) is 15.9. The van der Waals surface area contributed by atoms with Crippen LogP contribution in [0.2, 0.25) is 0 Å². The number of fused-ring (bicyclic) bond motifs is 1. The van der Waals surface area contributed by atoms with Gasteiger partial charge in [-0.2, -0.15) is 0 Å². The lowest BCUT2D eigenvalue weighted by Crippen LogP contribution is -2.23. The molecule has 3 aromatic rings. The second-order valence-electron chi connectivity index (χ2n) is 7.33. The summed E-state index contributed by atoms with van der Waals surface area (Å²) in [5.74, 6) is 2.42. The first-order chi connectivity index (χ1) is 13.5. The zero-order valence-corrected chi connectivity index (χ0v) is 16.9. The standard InChI is InChI=1S/C23H29N3O2/c1-17(2)19-9-11-20(12-10-19)28-16-6-15-26-22-8-5-4-7-21(22)25-23(26)13-14-24-18(3)27/h4-5,7-12,17H,6,13-16H2,1-3H3,(H,24,27). The lowest BCUT2D eigenvalue weighted by Gasteiger charge is -2.11. The third-order valence-corrected chi connectivity index (χ3v) is 4.80. The lowest BCUT2D eigenvalue weighted by atomic mass is 10.0. The van der Waals surface area contributed by atoms with Crippen LogP contribution in [0.5, 0.6) is 5.75 Å². The highest BCUT2D eigenvalue weighted by Gasteiger charge is 2.10. The summed E-state index contributed by atoms with van der Waals surface area (Å²) in [6, 6.07) is 16.5. The van der Waals surface area contributed by atoms with Crippen molar-refractivity contribution in [1.29, 1.82) is 0 Å². The predicted octanol–water partition coefficient (Wildman–Crippen LogP) is 4.31. The molecule has 5 heteroatoms. The Morgan fingerprint density at radius 3 is 2.61 bits per heavy atom. The maximum atomic E-state index is 11.1. The largest absolute Gasteiger partial charge is 0.494 e. The van der Waals surface area contributed by atoms with Crippen LogP contribution in [0.3, 0.4) is 0 Å². The van der Waals surface area contributed by atoms with E-state index in [0.29, 0.717) is 25.5 Å². The molecule has 0 atom stereocenters. The molecule has 28 heavy (non-hydrogen) atoms. The third kappa shape index (κ3) is 5.12. The van der Waals surface area contributed by atoms with Crippen LogP contribution in [-0.4, -0.2) is 28.6 Å². The summed E-state index contributed by atoms with van der Waals surface area (Å²) >= 11 is 0. The average Bonchev–Trinajstić information content (AvgIpc) is 3.03. The van der Waals surface area contributed by atoms with Crippen LogP contribution in [0.15, 0.2) is 48.5 Å². The zero-order chi connectivity index (χ0) is 19.9. The van der Waals surface area contributed by atoms with Gasteiger partial charge in [-0.15, -0.1) is 0 Å². The summed E-state index contributed by atoms with van der Waals surface area (Å²) in [6.07, 6.45) is 1.60. The minimum absolute atomic E-state index is 0.0143. The fraction of sp³-hybridized carbons (Fsp3) is 0.391. The molecular weight excluding hydrogens is 350 g/mol. The predicted molar refractivity (Wildman–Crippen MR) is 113 cm³/mol. The van der Waals surface area contributed by atoms with Gasteiger partial charge in [0.05, 0.1) is 17.6 Å². The van der Waals surface area contributed by atoms with E-state index in [2.05, 4.69) is 41.9 Å². The summed E-state index contributed by atoms with van der Waals surface area (Å²) in [7, 11) is 0. The number of benzene rings is 2. The number of imidazole rings is 1. The highest BCUT2D eigenvalue weighted by molar-refractivity contribution is 5.76. The molecule has 0 fully saturated rings. The summed E-state index contributed by atoms with van der Waals surface area (Å²) < 4.78 is 8.15. The molecule has 1 heterocycles. The number of amides is 1. The van der Waals surface area contributed by atoms with E-state index in [1.54, 1.807) is 0 Å². The maximum Gasteiger partial charge on any atom is 0.216 e. The average molecular weight is 380 g/mol. The highest BCUT2D eigenvalue weighted by atomic mass is 16.5. The van der Waals surface area contributed by atoms with Crippen LogP contribution in [0, 0.1) is 0 Å². The van der Waals surface area contributed by atoms with Crippen LogP contribution < -0.4 is 10.1 Å². The Hall–Kier alpha value is -2.82. The Kier molecular flexibility index (Phi) is 6.69. The summed E-state index contributed by atoms with van der Waals surface area (Å²) in [5, 5.41) is 2.85. The first-order valence-electron chi connectivity index (χ1n) is 9.96. The monoisotopic (exact) mass is 379 g/mol. The van der Waals surface area contributed by atoms with Gasteiger partial charge in [-0.1, -0.05) is 38.1 Å². The number of carbonyl (C=O) groups is 1. The Morgan fingerprint density at radius 2 is 1.89 bits per heavy atom. The van der Waals surface area contributed by atoms with Crippen molar-refractivity contribution in [2.24, 2.45) is 0 Å². The number of hydrogen-bond acceptors (Lipinski definition) is 3. The van der Waals surface area contributed by atoms with Gasteiger partial charge in [-0.3, -0.25) is 4.79 Å². The molecule has 0 bridgehead atoms. The molecule has 0 unspecified atom stereocenters. The van der Waals surface area contributed by atoms with E-state index in [0.717, 1.165) is 35.6 Å². The van der Waals surface area contributed by atoms with Crippen LogP contribution in [0.4, 0.5) is 0 Å². The number of rotatable bonds is 9. The Balaban J connectivity index is 1.60. The van der Waals surface area contributed by atoms with Crippen molar-refractivity contribution < 1.29 is 9.53 Å². The van der Waals surface area contributed by atoms with E-state index in [4.69, 9.17) is 9.72 Å². The molecule has 0 saturated heterocycles. The van der Waals surface area contributed by atoms with Gasteiger partial charge < -0.3 is 14.6 Å². The van der Waals surface area contributed by atoms with Crippen molar-refractivity contribution in [3.8, 4) is 5.75 Å². The molecule has 5 nitrogen and oxygen atoms in total. The van der Waals surface area contributed by atoms with E-state index in [9.17, 15) is 4.79 Å². The van der Waals surface area contributed by atoms with Gasteiger partial charge in [0.1, 0.15) is 11.6 Å². The van der Waals surface area contributed by atoms with Crippen molar-refractivity contribution in [3.63, 3.8) is 0 Å². The number of hydrogen-bond donors (Lipinski definition) is 1. The lowest BCUT2D eigenvalue weighted by molar-refractivity contribution is -0.118. The molecule has 3 rings (SSSR count). The Morgan fingerprint density at radius 1 is 1.14 bits per heavy atom. The molecule has 0 saturated carbocycles. The van der Waals surface area contributed by atoms with Gasteiger partial charge in [-0.25, -0.2) is 4.98 Å². The van der Waals surface area contributed by atoms with Crippen LogP contribution in [-0.2, 0) is 17.8 Å². The highest BCUT2D eigenvalue weighted by Crippen LogP contribution is 2.20. The minimum Gasteiger partial charge on any atom is -0.494 e. The maximum absolute atomic E-state index is 11.1. The van der Waals surface area contributed by atoms with E-state index in [1.807, 2.05) is 30.3 Å². The number of para-hydroxylation sites is 2. The number of aryl methyl sites for hydroxylation is 1. The minimum atomic E-state index is -0.0143. The fourth-order valence-corrected chi connectivity index (χ4v) is 3.28. The third-order valence-electron chi connectivity index (χ3n) is 4.80. The number of nitrogens with zero attached hydrogens (tertiary/aromatic N) is 2. The molecule has 0 aliphatic carbocycles. The Labute approximate surface area is 166 Å². The van der Waals surface area contributed by atoms with Crippen molar-refractivity contribution >= 4 is 16.9 Å². The second kappa shape index (κ2) is 9.40. The van der Waals surface area contributed by atoms with Gasteiger partial charge in [0, 0.05) is 26.4 Å². The molecule has 1 aromatic heterocycles. The van der Waals surface area contributed by atoms with Gasteiger partial charge in [0.2, 0.25) is 5.91 Å². The number of nitrogens with one attached hydrogen (secondary N) is 1. The van der Waals surface area contributed by atoms with Crippen LogP contribution >= 0.6 is 0 Å². The topological polar surface area (TPSA) is 56.2 Å². The summed E-state index contributed by atoms with van der Waals surface area (Å²) in [5.41, 5.74) is 3.44. The van der Waals surface area contributed by atoms with Crippen LogP contribution in [0.1, 0.15) is 44.5 Å².